The van der Waals surface area contributed by atoms with Gasteiger partial charge in [0.1, 0.15) is 11.5 Å². The lowest BCUT2D eigenvalue weighted by Gasteiger charge is -2.27. The molecule has 1 N–H and O–H groups in total. The third-order valence-electron chi connectivity index (χ3n) is 6.22. The zero-order valence-electron chi connectivity index (χ0n) is 20.7. The van der Waals surface area contributed by atoms with Crippen LogP contribution in [0.4, 0.5) is 5.69 Å². The van der Waals surface area contributed by atoms with Crippen molar-refractivity contribution in [3.05, 3.63) is 99.6 Å². The van der Waals surface area contributed by atoms with Crippen LogP contribution in [0.25, 0.3) is 5.76 Å². The Labute approximate surface area is 219 Å². The number of rotatable bonds is 7. The minimum atomic E-state index is -0.903. The van der Waals surface area contributed by atoms with Gasteiger partial charge in [-0.3, -0.25) is 19.3 Å². The van der Waals surface area contributed by atoms with Crippen molar-refractivity contribution in [1.29, 1.82) is 0 Å². The van der Waals surface area contributed by atoms with E-state index in [0.717, 1.165) is 5.56 Å². The van der Waals surface area contributed by atoms with Crippen LogP contribution in [0.5, 0.6) is 5.75 Å². The Morgan fingerprint density at radius 2 is 1.76 bits per heavy atom. The highest BCUT2D eigenvalue weighted by Gasteiger charge is 2.47. The summed E-state index contributed by atoms with van der Waals surface area (Å²) < 4.78 is 10.3. The van der Waals surface area contributed by atoms with Crippen LogP contribution in [-0.4, -0.2) is 36.5 Å². The Hall–Kier alpha value is -4.10. The summed E-state index contributed by atoms with van der Waals surface area (Å²) in [7, 11) is 1.31. The number of nitrogens with zero attached hydrogens (tertiary/aromatic N) is 1. The van der Waals surface area contributed by atoms with E-state index in [9.17, 15) is 19.5 Å². The highest BCUT2D eigenvalue weighted by Crippen LogP contribution is 2.44. The predicted molar refractivity (Wildman–Crippen MR) is 141 cm³/mol. The van der Waals surface area contributed by atoms with Crippen molar-refractivity contribution in [2.24, 2.45) is 0 Å². The zero-order valence-corrected chi connectivity index (χ0v) is 21.4. The number of carbonyl (C=O) groups excluding carboxylic acids is 3. The minimum absolute atomic E-state index is 0.0749. The maximum absolute atomic E-state index is 13.4. The molecule has 1 unspecified atom stereocenters. The maximum Gasteiger partial charge on any atom is 0.309 e. The number of esters is 1. The van der Waals surface area contributed by atoms with Gasteiger partial charge < -0.3 is 14.6 Å². The molecule has 1 saturated heterocycles. The lowest BCUT2D eigenvalue weighted by atomic mass is 9.92. The summed E-state index contributed by atoms with van der Waals surface area (Å²) in [5, 5.41) is 11.6. The second-order valence-electron chi connectivity index (χ2n) is 8.52. The van der Waals surface area contributed by atoms with Crippen LogP contribution in [0.2, 0.25) is 5.02 Å². The molecule has 3 aromatic carbocycles. The highest BCUT2D eigenvalue weighted by molar-refractivity contribution is 6.52. The molecule has 8 heteroatoms. The number of benzene rings is 3. The molecule has 190 valence electrons. The molecule has 1 aliphatic heterocycles. The van der Waals surface area contributed by atoms with Gasteiger partial charge in [0.2, 0.25) is 0 Å². The molecule has 0 aliphatic carbocycles. The van der Waals surface area contributed by atoms with E-state index in [1.54, 1.807) is 42.5 Å². The number of aryl methyl sites for hydroxylation is 1. The molecule has 0 spiro atoms. The molecule has 0 aromatic heterocycles. The fourth-order valence-corrected chi connectivity index (χ4v) is 4.59. The van der Waals surface area contributed by atoms with E-state index < -0.39 is 17.7 Å². The molecule has 1 amide bonds. The van der Waals surface area contributed by atoms with Gasteiger partial charge in [0.25, 0.3) is 11.7 Å². The average molecular weight is 520 g/mol. The number of halogens is 1. The molecule has 0 bridgehead atoms. The van der Waals surface area contributed by atoms with Crippen molar-refractivity contribution in [2.75, 3.05) is 18.6 Å². The van der Waals surface area contributed by atoms with Crippen LogP contribution >= 0.6 is 11.6 Å². The third-order valence-corrected chi connectivity index (χ3v) is 6.55. The Morgan fingerprint density at radius 3 is 2.41 bits per heavy atom. The molecular formula is C29H26ClNO6. The number of aliphatic hydroxyl groups is 1. The Morgan fingerprint density at radius 1 is 1.05 bits per heavy atom. The van der Waals surface area contributed by atoms with Crippen molar-refractivity contribution < 1.29 is 29.0 Å². The fraction of sp³-hybridized carbons (Fsp3) is 0.207. The number of ketones is 1. The van der Waals surface area contributed by atoms with E-state index in [0.29, 0.717) is 29.2 Å². The van der Waals surface area contributed by atoms with E-state index in [4.69, 9.17) is 21.1 Å². The van der Waals surface area contributed by atoms with E-state index in [1.165, 1.54) is 12.0 Å². The first-order chi connectivity index (χ1) is 17.8. The van der Waals surface area contributed by atoms with E-state index in [2.05, 4.69) is 0 Å². The number of aliphatic hydroxyl groups excluding tert-OH is 1. The van der Waals surface area contributed by atoms with Crippen LogP contribution in [0.15, 0.2) is 72.3 Å². The number of carbonyl (C=O) groups is 3. The second-order valence-corrected chi connectivity index (χ2v) is 8.93. The summed E-state index contributed by atoms with van der Waals surface area (Å²) in [5.74, 6) is -1.92. The van der Waals surface area contributed by atoms with Gasteiger partial charge in [0, 0.05) is 11.3 Å². The highest BCUT2D eigenvalue weighted by atomic mass is 35.5. The van der Waals surface area contributed by atoms with E-state index in [1.807, 2.05) is 38.1 Å². The molecule has 1 heterocycles. The van der Waals surface area contributed by atoms with Crippen LogP contribution in [-0.2, 0) is 25.5 Å². The van der Waals surface area contributed by atoms with Crippen molar-refractivity contribution in [3.8, 4) is 5.75 Å². The number of methoxy groups -OCH3 is 1. The van der Waals surface area contributed by atoms with Crippen molar-refractivity contribution >= 4 is 40.7 Å². The number of hydrogen-bond acceptors (Lipinski definition) is 6. The minimum Gasteiger partial charge on any atom is -0.507 e. The van der Waals surface area contributed by atoms with Gasteiger partial charge in [-0.25, -0.2) is 0 Å². The van der Waals surface area contributed by atoms with Crippen molar-refractivity contribution in [1.82, 2.24) is 0 Å². The first-order valence-electron chi connectivity index (χ1n) is 11.7. The smallest absolute Gasteiger partial charge is 0.309 e. The Kier molecular flexibility index (Phi) is 7.64. The molecule has 4 rings (SSSR count). The normalized spacial score (nSPS) is 16.6. The van der Waals surface area contributed by atoms with Gasteiger partial charge in [-0.1, -0.05) is 48.0 Å². The molecular weight excluding hydrogens is 494 g/mol. The fourth-order valence-electron chi connectivity index (χ4n) is 4.39. The standard InChI is InChI=1S/C29H26ClNO6/c1-4-37-20-13-14-23(30)22(16-20)27(33)25-26(21-8-6-5-7-17(21)2)31(29(35)28(25)34)19-11-9-18(10-12-19)15-24(32)36-3/h5-14,16,26,33H,4,15H2,1-3H3/b27-25+. The summed E-state index contributed by atoms with van der Waals surface area (Å²) >= 11 is 6.41. The zero-order chi connectivity index (χ0) is 26.7. The first kappa shape index (κ1) is 26.0. The summed E-state index contributed by atoms with van der Waals surface area (Å²) in [6, 6.07) is 18.0. The van der Waals surface area contributed by atoms with Gasteiger partial charge in [0.15, 0.2) is 0 Å². The van der Waals surface area contributed by atoms with Crippen molar-refractivity contribution in [2.45, 2.75) is 26.3 Å². The monoisotopic (exact) mass is 519 g/mol. The Bertz CT molecular complexity index is 1400. The SMILES string of the molecule is CCOc1ccc(Cl)c(/C(O)=C2\C(=O)C(=O)N(c3ccc(CC(=O)OC)cc3)C2c2ccccc2C)c1. The number of hydrogen-bond donors (Lipinski definition) is 1. The first-order valence-corrected chi connectivity index (χ1v) is 12.1. The van der Waals surface area contributed by atoms with Gasteiger partial charge >= 0.3 is 5.97 Å². The summed E-state index contributed by atoms with van der Waals surface area (Å²) in [4.78, 5) is 39.8. The van der Waals surface area contributed by atoms with E-state index in [-0.39, 0.29) is 34.3 Å². The molecule has 3 aromatic rings. The number of anilines is 1. The third kappa shape index (κ3) is 5.08. The van der Waals surface area contributed by atoms with Gasteiger partial charge in [-0.2, -0.15) is 0 Å². The molecule has 1 atom stereocenters. The van der Waals surface area contributed by atoms with Crippen LogP contribution < -0.4 is 9.64 Å². The molecule has 1 fully saturated rings. The summed E-state index contributed by atoms with van der Waals surface area (Å²) in [6.07, 6.45) is 0.0749. The number of amides is 1. The maximum atomic E-state index is 13.4. The van der Waals surface area contributed by atoms with E-state index >= 15 is 0 Å². The van der Waals surface area contributed by atoms with Crippen LogP contribution in [0.1, 0.15) is 35.2 Å². The predicted octanol–water partition coefficient (Wildman–Crippen LogP) is 5.39. The Balaban J connectivity index is 1.89. The molecule has 0 saturated carbocycles. The van der Waals surface area contributed by atoms with Crippen LogP contribution in [0.3, 0.4) is 0 Å². The summed E-state index contributed by atoms with van der Waals surface area (Å²) in [5.41, 5.74) is 2.77. The summed E-state index contributed by atoms with van der Waals surface area (Å²) in [6.45, 7) is 4.10. The lowest BCUT2D eigenvalue weighted by Crippen LogP contribution is -2.29. The van der Waals surface area contributed by atoms with Crippen LogP contribution in [0, 0.1) is 6.92 Å². The van der Waals surface area contributed by atoms with Gasteiger partial charge in [-0.15, -0.1) is 0 Å². The quantitative estimate of drug-likeness (QED) is 0.195. The number of Topliss-reactive ketones (excluding diaryl/α,β-unsaturated/α-hetero) is 1. The lowest BCUT2D eigenvalue weighted by molar-refractivity contribution is -0.139. The average Bonchev–Trinajstić information content (AvgIpc) is 3.15. The largest absolute Gasteiger partial charge is 0.507 e. The second kappa shape index (κ2) is 10.9. The molecule has 7 nitrogen and oxygen atoms in total. The molecule has 1 aliphatic rings. The van der Waals surface area contributed by atoms with Gasteiger partial charge in [-0.05, 0) is 60.9 Å². The van der Waals surface area contributed by atoms with Gasteiger partial charge in [0.05, 0.1) is 36.8 Å². The van der Waals surface area contributed by atoms with Crippen molar-refractivity contribution in [3.63, 3.8) is 0 Å². The topological polar surface area (TPSA) is 93.1 Å². The number of ether oxygens (including phenoxy) is 2. The molecule has 37 heavy (non-hydrogen) atoms. The molecule has 0 radical (unpaired) electrons.